The quantitative estimate of drug-likeness (QED) is 0.365. The van der Waals surface area contributed by atoms with Crippen LogP contribution in [-0.2, 0) is 17.8 Å². The van der Waals surface area contributed by atoms with Crippen molar-refractivity contribution in [1.29, 1.82) is 0 Å². The third-order valence-electron chi connectivity index (χ3n) is 6.26. The van der Waals surface area contributed by atoms with Crippen LogP contribution in [0.3, 0.4) is 0 Å². The van der Waals surface area contributed by atoms with Gasteiger partial charge >= 0.3 is 0 Å². The standard InChI is InChI=1S/C27H25ClN4O3S/c28-21-7-3-18(4-8-21)16-29-25(33)20-5-1-19(2-6-20)17-32-26(34)23-15-22(31-11-13-35-14-12-31)9-10-24(23)30-27(32)36/h1-10,15H,11-14,16-17H2,(H,29,33)(H,30,36). The summed E-state index contributed by atoms with van der Waals surface area (Å²) in [6.07, 6.45) is 0. The number of nitrogens with zero attached hydrogens (tertiary/aromatic N) is 2. The van der Waals surface area contributed by atoms with Gasteiger partial charge in [0.1, 0.15) is 0 Å². The lowest BCUT2D eigenvalue weighted by Crippen LogP contribution is -2.36. The first-order valence-corrected chi connectivity index (χ1v) is 12.5. The monoisotopic (exact) mass is 520 g/mol. The van der Waals surface area contributed by atoms with E-state index >= 15 is 0 Å². The van der Waals surface area contributed by atoms with Crippen molar-refractivity contribution in [2.45, 2.75) is 13.1 Å². The molecule has 0 unspecified atom stereocenters. The Morgan fingerprint density at radius 2 is 1.69 bits per heavy atom. The number of hydrogen-bond acceptors (Lipinski definition) is 5. The number of aromatic nitrogens is 2. The predicted molar refractivity (Wildman–Crippen MR) is 145 cm³/mol. The zero-order chi connectivity index (χ0) is 25.1. The van der Waals surface area contributed by atoms with Gasteiger partial charge in [-0.2, -0.15) is 0 Å². The van der Waals surface area contributed by atoms with Gasteiger partial charge in [-0.15, -0.1) is 0 Å². The molecule has 4 aromatic rings. The Kier molecular flexibility index (Phi) is 7.18. The number of nitrogens with one attached hydrogen (secondary N) is 2. The normalized spacial score (nSPS) is 13.6. The number of rotatable bonds is 6. The predicted octanol–water partition coefficient (Wildman–Crippen LogP) is 4.53. The number of carbonyl (C=O) groups is 1. The van der Waals surface area contributed by atoms with Crippen LogP contribution in [0, 0.1) is 4.77 Å². The third kappa shape index (κ3) is 5.36. The number of morpholine rings is 1. The smallest absolute Gasteiger partial charge is 0.262 e. The third-order valence-corrected chi connectivity index (χ3v) is 6.84. The molecule has 0 aliphatic carbocycles. The number of H-pyrrole nitrogens is 1. The van der Waals surface area contributed by atoms with E-state index in [1.165, 1.54) is 0 Å². The number of amides is 1. The Labute approximate surface area is 218 Å². The summed E-state index contributed by atoms with van der Waals surface area (Å²) in [7, 11) is 0. The summed E-state index contributed by atoms with van der Waals surface area (Å²) in [6, 6.07) is 20.3. The first-order valence-electron chi connectivity index (χ1n) is 11.7. The molecule has 0 spiro atoms. The summed E-state index contributed by atoms with van der Waals surface area (Å²) in [5.41, 5.74) is 3.94. The number of fused-ring (bicyclic) bond motifs is 1. The molecule has 2 heterocycles. The van der Waals surface area contributed by atoms with Crippen molar-refractivity contribution in [3.63, 3.8) is 0 Å². The fraction of sp³-hybridized carbons (Fsp3) is 0.222. The molecule has 2 N–H and O–H groups in total. The molecule has 36 heavy (non-hydrogen) atoms. The van der Waals surface area contributed by atoms with Crippen molar-refractivity contribution >= 4 is 46.3 Å². The number of aromatic amines is 1. The second kappa shape index (κ2) is 10.7. The van der Waals surface area contributed by atoms with Crippen LogP contribution in [0.2, 0.25) is 5.02 Å². The lowest BCUT2D eigenvalue weighted by Gasteiger charge is -2.29. The van der Waals surface area contributed by atoms with E-state index < -0.39 is 0 Å². The molecule has 1 amide bonds. The van der Waals surface area contributed by atoms with E-state index in [1.54, 1.807) is 28.8 Å². The number of benzene rings is 3. The van der Waals surface area contributed by atoms with Gasteiger partial charge in [-0.25, -0.2) is 0 Å². The number of halogens is 1. The Morgan fingerprint density at radius 3 is 2.42 bits per heavy atom. The zero-order valence-electron chi connectivity index (χ0n) is 19.5. The Morgan fingerprint density at radius 1 is 1.00 bits per heavy atom. The van der Waals surface area contributed by atoms with Crippen LogP contribution in [0.15, 0.2) is 71.5 Å². The van der Waals surface area contributed by atoms with Crippen LogP contribution >= 0.6 is 23.8 Å². The highest BCUT2D eigenvalue weighted by Gasteiger charge is 2.14. The molecule has 1 aromatic heterocycles. The Bertz CT molecular complexity index is 1510. The summed E-state index contributed by atoms with van der Waals surface area (Å²) < 4.78 is 7.35. The summed E-state index contributed by atoms with van der Waals surface area (Å²) in [5.74, 6) is -0.174. The van der Waals surface area contributed by atoms with Crippen molar-refractivity contribution in [3.8, 4) is 0 Å². The first kappa shape index (κ1) is 24.2. The molecule has 1 aliphatic heterocycles. The van der Waals surface area contributed by atoms with Gasteiger partial charge < -0.3 is 19.9 Å². The fourth-order valence-corrected chi connectivity index (χ4v) is 4.61. The van der Waals surface area contributed by atoms with E-state index in [2.05, 4.69) is 15.2 Å². The minimum absolute atomic E-state index is 0.145. The second-order valence-corrected chi connectivity index (χ2v) is 9.48. The van der Waals surface area contributed by atoms with Crippen LogP contribution in [-0.4, -0.2) is 41.8 Å². The van der Waals surface area contributed by atoms with Gasteiger partial charge in [0.05, 0.1) is 30.7 Å². The van der Waals surface area contributed by atoms with Crippen molar-refractivity contribution in [2.75, 3.05) is 31.2 Å². The molecule has 3 aromatic carbocycles. The SMILES string of the molecule is O=C(NCc1ccc(Cl)cc1)c1ccc(Cn2c(=S)[nH]c3ccc(N4CCOCC4)cc3c2=O)cc1. The summed E-state index contributed by atoms with van der Waals surface area (Å²) in [4.78, 5) is 31.3. The minimum Gasteiger partial charge on any atom is -0.378 e. The molecule has 0 saturated carbocycles. The van der Waals surface area contributed by atoms with Crippen molar-refractivity contribution in [1.82, 2.24) is 14.9 Å². The molecule has 1 saturated heterocycles. The van der Waals surface area contributed by atoms with E-state index in [0.29, 0.717) is 52.6 Å². The highest BCUT2D eigenvalue weighted by atomic mass is 35.5. The largest absolute Gasteiger partial charge is 0.378 e. The van der Waals surface area contributed by atoms with Crippen molar-refractivity contribution in [2.24, 2.45) is 0 Å². The molecule has 1 fully saturated rings. The average molecular weight is 521 g/mol. The minimum atomic E-state index is -0.174. The highest BCUT2D eigenvalue weighted by molar-refractivity contribution is 7.71. The number of hydrogen-bond donors (Lipinski definition) is 2. The van der Waals surface area contributed by atoms with E-state index in [4.69, 9.17) is 28.6 Å². The lowest BCUT2D eigenvalue weighted by atomic mass is 10.1. The first-order chi connectivity index (χ1) is 17.5. The molecule has 1 aliphatic rings. The second-order valence-electron chi connectivity index (χ2n) is 8.66. The summed E-state index contributed by atoms with van der Waals surface area (Å²) in [6.45, 7) is 3.65. The van der Waals surface area contributed by atoms with Gasteiger partial charge in [0.25, 0.3) is 11.5 Å². The van der Waals surface area contributed by atoms with Gasteiger partial charge in [0.2, 0.25) is 0 Å². The fourth-order valence-electron chi connectivity index (χ4n) is 4.23. The maximum absolute atomic E-state index is 13.4. The number of ether oxygens (including phenoxy) is 1. The van der Waals surface area contributed by atoms with Crippen molar-refractivity contribution < 1.29 is 9.53 Å². The van der Waals surface area contributed by atoms with Crippen LogP contribution in [0.4, 0.5) is 5.69 Å². The van der Waals surface area contributed by atoms with Crippen LogP contribution in [0.25, 0.3) is 10.9 Å². The van der Waals surface area contributed by atoms with Gasteiger partial charge in [-0.05, 0) is 65.8 Å². The van der Waals surface area contributed by atoms with Gasteiger partial charge in [-0.3, -0.25) is 14.2 Å². The molecule has 5 rings (SSSR count). The maximum atomic E-state index is 13.4. The van der Waals surface area contributed by atoms with Gasteiger partial charge in [-0.1, -0.05) is 35.9 Å². The lowest BCUT2D eigenvalue weighted by molar-refractivity contribution is 0.0951. The zero-order valence-corrected chi connectivity index (χ0v) is 21.1. The molecular formula is C27H25ClN4O3S. The highest BCUT2D eigenvalue weighted by Crippen LogP contribution is 2.20. The van der Waals surface area contributed by atoms with Crippen molar-refractivity contribution in [3.05, 3.63) is 104 Å². The molecule has 0 atom stereocenters. The van der Waals surface area contributed by atoms with Crippen LogP contribution in [0.5, 0.6) is 0 Å². The number of carbonyl (C=O) groups excluding carboxylic acids is 1. The maximum Gasteiger partial charge on any atom is 0.262 e. The van der Waals surface area contributed by atoms with Gasteiger partial charge in [0, 0.05) is 35.9 Å². The average Bonchev–Trinajstić information content (AvgIpc) is 2.91. The Balaban J connectivity index is 1.32. The summed E-state index contributed by atoms with van der Waals surface area (Å²) in [5, 5.41) is 4.15. The van der Waals surface area contributed by atoms with Crippen LogP contribution in [0.1, 0.15) is 21.5 Å². The molecular weight excluding hydrogens is 496 g/mol. The molecule has 0 bridgehead atoms. The topological polar surface area (TPSA) is 79.4 Å². The molecule has 9 heteroatoms. The summed E-state index contributed by atoms with van der Waals surface area (Å²) >= 11 is 11.4. The van der Waals surface area contributed by atoms with E-state index in [0.717, 1.165) is 29.9 Å². The number of anilines is 1. The van der Waals surface area contributed by atoms with Crippen LogP contribution < -0.4 is 15.8 Å². The van der Waals surface area contributed by atoms with E-state index in [9.17, 15) is 9.59 Å². The Hall–Kier alpha value is -3.46. The van der Waals surface area contributed by atoms with E-state index in [-0.39, 0.29) is 11.5 Å². The molecule has 184 valence electrons. The van der Waals surface area contributed by atoms with E-state index in [1.807, 2.05) is 42.5 Å². The van der Waals surface area contributed by atoms with Gasteiger partial charge in [0.15, 0.2) is 4.77 Å². The molecule has 7 nitrogen and oxygen atoms in total. The molecule has 0 radical (unpaired) electrons.